The molecule has 17 heavy (non-hydrogen) atoms. The van der Waals surface area contributed by atoms with Gasteiger partial charge in [-0.05, 0) is 19.3 Å². The first-order valence-corrected chi connectivity index (χ1v) is 6.93. The molecule has 0 aromatic rings. The van der Waals surface area contributed by atoms with Gasteiger partial charge < -0.3 is 5.73 Å². The summed E-state index contributed by atoms with van der Waals surface area (Å²) in [5.41, 5.74) is 5.45. The van der Waals surface area contributed by atoms with E-state index in [4.69, 9.17) is 5.73 Å². The molecule has 100 valence electrons. The summed E-state index contributed by atoms with van der Waals surface area (Å²) >= 11 is 0. The maximum absolute atomic E-state index is 11.9. The summed E-state index contributed by atoms with van der Waals surface area (Å²) in [5.74, 6) is 0.145. The summed E-state index contributed by atoms with van der Waals surface area (Å²) < 4.78 is 0. The monoisotopic (exact) mass is 241 g/mol. The van der Waals surface area contributed by atoms with Crippen LogP contribution in [0.3, 0.4) is 0 Å². The molecule has 0 aromatic carbocycles. The minimum atomic E-state index is 0.145. The van der Waals surface area contributed by atoms with E-state index in [-0.39, 0.29) is 5.91 Å². The van der Waals surface area contributed by atoms with E-state index in [0.29, 0.717) is 19.0 Å². The highest BCUT2D eigenvalue weighted by molar-refractivity contribution is 5.75. The lowest BCUT2D eigenvalue weighted by molar-refractivity contribution is -0.151. The van der Waals surface area contributed by atoms with Crippen molar-refractivity contribution in [2.75, 3.05) is 20.1 Å². The molecule has 1 amide bonds. The Bertz CT molecular complexity index is 227. The second kappa shape index (κ2) is 7.67. The number of nitrogens with zero attached hydrogens (tertiary/aromatic N) is 2. The van der Waals surface area contributed by atoms with Crippen LogP contribution in [0.5, 0.6) is 0 Å². The van der Waals surface area contributed by atoms with Crippen LogP contribution >= 0.6 is 0 Å². The van der Waals surface area contributed by atoms with E-state index in [1.807, 2.05) is 12.1 Å². The lowest BCUT2D eigenvalue weighted by Crippen LogP contribution is -2.50. The van der Waals surface area contributed by atoms with Crippen LogP contribution in [0.25, 0.3) is 0 Å². The van der Waals surface area contributed by atoms with Gasteiger partial charge in [0.2, 0.25) is 5.91 Å². The fourth-order valence-electron chi connectivity index (χ4n) is 2.61. The molecule has 0 unspecified atom stereocenters. The first kappa shape index (κ1) is 14.5. The number of rotatable bonds is 6. The lowest BCUT2D eigenvalue weighted by atomic mass is 9.95. The van der Waals surface area contributed by atoms with E-state index in [1.165, 1.54) is 32.1 Å². The Labute approximate surface area is 105 Å². The molecule has 0 saturated heterocycles. The van der Waals surface area contributed by atoms with Gasteiger partial charge in [-0.1, -0.05) is 26.2 Å². The summed E-state index contributed by atoms with van der Waals surface area (Å²) in [6, 6.07) is 0.551. The molecule has 1 aliphatic carbocycles. The van der Waals surface area contributed by atoms with Crippen molar-refractivity contribution in [1.82, 2.24) is 10.0 Å². The van der Waals surface area contributed by atoms with Crippen molar-refractivity contribution in [3.8, 4) is 0 Å². The molecule has 1 fully saturated rings. The predicted molar refractivity (Wildman–Crippen MR) is 70.3 cm³/mol. The molecule has 1 rings (SSSR count). The van der Waals surface area contributed by atoms with Gasteiger partial charge >= 0.3 is 0 Å². The van der Waals surface area contributed by atoms with Crippen LogP contribution in [0.15, 0.2) is 0 Å². The quantitative estimate of drug-likeness (QED) is 0.721. The Morgan fingerprint density at radius 1 is 1.29 bits per heavy atom. The predicted octanol–water partition coefficient (Wildman–Crippen LogP) is 1.75. The van der Waals surface area contributed by atoms with Crippen LogP contribution in [-0.4, -0.2) is 42.1 Å². The van der Waals surface area contributed by atoms with Gasteiger partial charge in [0.15, 0.2) is 0 Å². The van der Waals surface area contributed by atoms with Crippen LogP contribution in [0, 0.1) is 0 Å². The first-order chi connectivity index (χ1) is 8.20. The van der Waals surface area contributed by atoms with E-state index in [1.54, 1.807) is 0 Å². The number of nitrogens with two attached hydrogens (primary N) is 1. The van der Waals surface area contributed by atoms with Gasteiger partial charge in [0.25, 0.3) is 0 Å². The molecule has 4 nitrogen and oxygen atoms in total. The van der Waals surface area contributed by atoms with Crippen molar-refractivity contribution >= 4 is 5.91 Å². The molecule has 0 atom stereocenters. The minimum Gasteiger partial charge on any atom is -0.330 e. The summed E-state index contributed by atoms with van der Waals surface area (Å²) in [6.07, 6.45) is 7.91. The molecule has 0 heterocycles. The van der Waals surface area contributed by atoms with Gasteiger partial charge in [0.05, 0.1) is 0 Å². The summed E-state index contributed by atoms with van der Waals surface area (Å²) in [4.78, 5) is 11.9. The van der Waals surface area contributed by atoms with E-state index in [0.717, 1.165) is 13.0 Å². The first-order valence-electron chi connectivity index (χ1n) is 6.93. The van der Waals surface area contributed by atoms with Gasteiger partial charge in [-0.15, -0.1) is 0 Å². The maximum atomic E-state index is 11.9. The van der Waals surface area contributed by atoms with Crippen LogP contribution < -0.4 is 5.73 Å². The van der Waals surface area contributed by atoms with Gasteiger partial charge in [0, 0.05) is 32.6 Å². The van der Waals surface area contributed by atoms with Crippen LogP contribution in [0.4, 0.5) is 0 Å². The van der Waals surface area contributed by atoms with Crippen molar-refractivity contribution < 1.29 is 4.79 Å². The molecule has 0 radical (unpaired) electrons. The highest BCUT2D eigenvalue weighted by Gasteiger charge is 2.25. The summed E-state index contributed by atoms with van der Waals surface area (Å²) in [5, 5.41) is 4.07. The number of hydrazine groups is 1. The number of hydrogen-bond acceptors (Lipinski definition) is 3. The average Bonchev–Trinajstić information content (AvgIpc) is 2.36. The fourth-order valence-corrected chi connectivity index (χ4v) is 2.61. The molecule has 0 aliphatic heterocycles. The third kappa shape index (κ3) is 4.28. The molecule has 1 saturated carbocycles. The third-order valence-electron chi connectivity index (χ3n) is 3.55. The number of amides is 1. The molecule has 0 aromatic heterocycles. The Kier molecular flexibility index (Phi) is 6.52. The summed E-state index contributed by atoms with van der Waals surface area (Å²) in [6.45, 7) is 3.57. The van der Waals surface area contributed by atoms with Crippen molar-refractivity contribution in [2.45, 2.75) is 57.9 Å². The molecule has 0 bridgehead atoms. The van der Waals surface area contributed by atoms with Crippen molar-refractivity contribution in [2.24, 2.45) is 5.73 Å². The molecular weight excluding hydrogens is 214 g/mol. The molecule has 0 spiro atoms. The zero-order valence-electron chi connectivity index (χ0n) is 11.3. The van der Waals surface area contributed by atoms with E-state index >= 15 is 0 Å². The SMILES string of the molecule is CCCN(C1CCCCC1)N(C)C(=O)CCN. The highest BCUT2D eigenvalue weighted by atomic mass is 16.2. The normalized spacial score (nSPS) is 17.4. The van der Waals surface area contributed by atoms with Crippen LogP contribution in [0.1, 0.15) is 51.9 Å². The standard InChI is InChI=1S/C13H27N3O/c1-3-11-16(12-7-5-4-6-8-12)15(2)13(17)9-10-14/h12H,3-11,14H2,1-2H3. The van der Waals surface area contributed by atoms with E-state index < -0.39 is 0 Å². The second-order valence-electron chi connectivity index (χ2n) is 4.91. The Balaban J connectivity index is 2.59. The molecule has 2 N–H and O–H groups in total. The minimum absolute atomic E-state index is 0.145. The zero-order valence-corrected chi connectivity index (χ0v) is 11.3. The molecule has 4 heteroatoms. The van der Waals surface area contributed by atoms with Crippen molar-refractivity contribution in [1.29, 1.82) is 0 Å². The fraction of sp³-hybridized carbons (Fsp3) is 0.923. The largest absolute Gasteiger partial charge is 0.330 e. The van der Waals surface area contributed by atoms with Gasteiger partial charge in [-0.25, -0.2) is 5.01 Å². The maximum Gasteiger partial charge on any atom is 0.237 e. The average molecular weight is 241 g/mol. The highest BCUT2D eigenvalue weighted by Crippen LogP contribution is 2.23. The van der Waals surface area contributed by atoms with Gasteiger partial charge in [-0.2, -0.15) is 0 Å². The van der Waals surface area contributed by atoms with Crippen LogP contribution in [-0.2, 0) is 4.79 Å². The molecular formula is C13H27N3O. The lowest BCUT2D eigenvalue weighted by Gasteiger charge is -2.40. The Morgan fingerprint density at radius 2 is 1.94 bits per heavy atom. The van der Waals surface area contributed by atoms with Crippen LogP contribution in [0.2, 0.25) is 0 Å². The van der Waals surface area contributed by atoms with Gasteiger partial charge in [-0.3, -0.25) is 9.80 Å². The molecule has 1 aliphatic rings. The topological polar surface area (TPSA) is 49.6 Å². The zero-order chi connectivity index (χ0) is 12.7. The third-order valence-corrected chi connectivity index (χ3v) is 3.55. The van der Waals surface area contributed by atoms with Crippen molar-refractivity contribution in [3.63, 3.8) is 0 Å². The van der Waals surface area contributed by atoms with E-state index in [2.05, 4.69) is 11.9 Å². The van der Waals surface area contributed by atoms with Crippen molar-refractivity contribution in [3.05, 3.63) is 0 Å². The number of carbonyl (C=O) groups is 1. The Hall–Kier alpha value is -0.610. The summed E-state index contributed by atoms with van der Waals surface area (Å²) in [7, 11) is 1.89. The second-order valence-corrected chi connectivity index (χ2v) is 4.91. The van der Waals surface area contributed by atoms with Gasteiger partial charge in [0.1, 0.15) is 0 Å². The smallest absolute Gasteiger partial charge is 0.237 e. The number of hydrogen-bond donors (Lipinski definition) is 1. The van der Waals surface area contributed by atoms with E-state index in [9.17, 15) is 4.79 Å². The number of carbonyl (C=O) groups excluding carboxylic acids is 1. The Morgan fingerprint density at radius 3 is 2.47 bits per heavy atom.